The Morgan fingerprint density at radius 1 is 0.967 bits per heavy atom. The molecule has 0 heterocycles. The normalized spacial score (nSPS) is 13.2. The molecule has 0 radical (unpaired) electrons. The molecule has 0 saturated heterocycles. The summed E-state index contributed by atoms with van der Waals surface area (Å²) >= 11 is 0. The van der Waals surface area contributed by atoms with Gasteiger partial charge in [-0.3, -0.25) is 29.8 Å². The SMILES string of the molecule is CC(C)(C)[C@H](C(=O)O)[C@H](NC(=O)c1cc([N+](=O)[O-])cc([N+](=O)[O-])c1)c1ccccc1. The predicted molar refractivity (Wildman–Crippen MR) is 107 cm³/mol. The van der Waals surface area contributed by atoms with Crippen LogP contribution in [-0.4, -0.2) is 26.8 Å². The fourth-order valence-electron chi connectivity index (χ4n) is 3.19. The van der Waals surface area contributed by atoms with Crippen molar-refractivity contribution in [3.8, 4) is 0 Å². The van der Waals surface area contributed by atoms with Crippen LogP contribution in [0, 0.1) is 31.6 Å². The average Bonchev–Trinajstić information content (AvgIpc) is 2.66. The molecule has 2 aromatic carbocycles. The third-order valence-electron chi connectivity index (χ3n) is 4.56. The first-order valence-corrected chi connectivity index (χ1v) is 8.94. The second-order valence-corrected chi connectivity index (χ2v) is 7.80. The van der Waals surface area contributed by atoms with E-state index in [-0.39, 0.29) is 5.56 Å². The number of nitrogens with zero attached hydrogens (tertiary/aromatic N) is 2. The van der Waals surface area contributed by atoms with Crippen molar-refractivity contribution in [2.45, 2.75) is 26.8 Å². The monoisotopic (exact) mass is 415 g/mol. The number of nitrogens with one attached hydrogen (secondary N) is 1. The Bertz CT molecular complexity index is 951. The van der Waals surface area contributed by atoms with Crippen LogP contribution in [0.3, 0.4) is 0 Å². The molecule has 0 fully saturated rings. The smallest absolute Gasteiger partial charge is 0.309 e. The zero-order chi connectivity index (χ0) is 22.6. The average molecular weight is 415 g/mol. The van der Waals surface area contributed by atoms with Gasteiger partial charge in [0.1, 0.15) is 0 Å². The lowest BCUT2D eigenvalue weighted by molar-refractivity contribution is -0.394. The minimum atomic E-state index is -1.14. The van der Waals surface area contributed by atoms with Gasteiger partial charge in [0.25, 0.3) is 17.3 Å². The van der Waals surface area contributed by atoms with Gasteiger partial charge in [0.2, 0.25) is 0 Å². The van der Waals surface area contributed by atoms with Crippen molar-refractivity contribution in [3.63, 3.8) is 0 Å². The minimum absolute atomic E-state index is 0.310. The summed E-state index contributed by atoms with van der Waals surface area (Å²) in [5, 5.41) is 34.6. The van der Waals surface area contributed by atoms with Gasteiger partial charge in [0.05, 0.1) is 33.4 Å². The van der Waals surface area contributed by atoms with E-state index >= 15 is 0 Å². The van der Waals surface area contributed by atoms with Crippen molar-refractivity contribution < 1.29 is 24.5 Å². The molecule has 0 aliphatic rings. The number of hydrogen-bond acceptors (Lipinski definition) is 6. The molecule has 0 unspecified atom stereocenters. The summed E-state index contributed by atoms with van der Waals surface area (Å²) < 4.78 is 0. The van der Waals surface area contributed by atoms with E-state index < -0.39 is 50.5 Å². The first-order valence-electron chi connectivity index (χ1n) is 8.94. The van der Waals surface area contributed by atoms with Crippen molar-refractivity contribution in [2.24, 2.45) is 11.3 Å². The number of aliphatic carboxylic acids is 1. The molecule has 0 saturated carbocycles. The van der Waals surface area contributed by atoms with Gasteiger partial charge >= 0.3 is 5.97 Å². The maximum absolute atomic E-state index is 12.9. The highest BCUT2D eigenvalue weighted by atomic mass is 16.6. The van der Waals surface area contributed by atoms with Crippen molar-refractivity contribution in [3.05, 3.63) is 79.9 Å². The number of carboxylic acid groups (broad SMARTS) is 1. The topological polar surface area (TPSA) is 153 Å². The van der Waals surface area contributed by atoms with Crippen LogP contribution in [0.2, 0.25) is 0 Å². The molecule has 30 heavy (non-hydrogen) atoms. The number of carbonyl (C=O) groups excluding carboxylic acids is 1. The van der Waals surface area contributed by atoms with E-state index in [2.05, 4.69) is 5.32 Å². The highest BCUT2D eigenvalue weighted by molar-refractivity contribution is 5.96. The van der Waals surface area contributed by atoms with Crippen LogP contribution >= 0.6 is 0 Å². The van der Waals surface area contributed by atoms with Crippen molar-refractivity contribution in [2.75, 3.05) is 0 Å². The fourth-order valence-corrected chi connectivity index (χ4v) is 3.19. The largest absolute Gasteiger partial charge is 0.481 e. The summed E-state index contributed by atoms with van der Waals surface area (Å²) in [4.78, 5) is 45.4. The second-order valence-electron chi connectivity index (χ2n) is 7.80. The van der Waals surface area contributed by atoms with Gasteiger partial charge in [-0.1, -0.05) is 51.1 Å². The zero-order valence-corrected chi connectivity index (χ0v) is 16.6. The van der Waals surface area contributed by atoms with Gasteiger partial charge in [-0.15, -0.1) is 0 Å². The summed E-state index contributed by atoms with van der Waals surface area (Å²) in [5.41, 5.74) is -1.77. The minimum Gasteiger partial charge on any atom is -0.481 e. The van der Waals surface area contributed by atoms with Crippen LogP contribution in [0.4, 0.5) is 11.4 Å². The van der Waals surface area contributed by atoms with E-state index in [9.17, 15) is 34.9 Å². The molecule has 2 N–H and O–H groups in total. The maximum atomic E-state index is 12.9. The lowest BCUT2D eigenvalue weighted by Gasteiger charge is -2.34. The van der Waals surface area contributed by atoms with Crippen LogP contribution in [0.15, 0.2) is 48.5 Å². The summed E-state index contributed by atoms with van der Waals surface area (Å²) in [7, 11) is 0. The molecule has 0 bridgehead atoms. The van der Waals surface area contributed by atoms with Crippen LogP contribution in [0.25, 0.3) is 0 Å². The number of hydrogen-bond donors (Lipinski definition) is 2. The quantitative estimate of drug-likeness (QED) is 0.516. The summed E-state index contributed by atoms with van der Waals surface area (Å²) in [6.45, 7) is 5.14. The third-order valence-corrected chi connectivity index (χ3v) is 4.56. The number of nitro groups is 2. The van der Waals surface area contributed by atoms with Crippen LogP contribution in [0.5, 0.6) is 0 Å². The van der Waals surface area contributed by atoms with Crippen molar-refractivity contribution in [1.82, 2.24) is 5.32 Å². The highest BCUT2D eigenvalue weighted by Crippen LogP contribution is 2.37. The van der Waals surface area contributed by atoms with E-state index in [0.29, 0.717) is 5.56 Å². The van der Waals surface area contributed by atoms with Gasteiger partial charge in [-0.05, 0) is 11.0 Å². The lowest BCUT2D eigenvalue weighted by atomic mass is 9.74. The summed E-state index contributed by atoms with van der Waals surface area (Å²) in [6.07, 6.45) is 0. The first-order chi connectivity index (χ1) is 13.9. The standard InChI is InChI=1S/C20H21N3O7/c1-20(2,3)16(19(25)26)17(12-7-5-4-6-8-12)21-18(24)13-9-14(22(27)28)11-15(10-13)23(29)30/h4-11,16-17H,1-3H3,(H,21,24)(H,25,26)/t16-,17+/m0/s1. The number of carbonyl (C=O) groups is 2. The molecule has 0 aliphatic carbocycles. The number of rotatable bonds is 7. The van der Waals surface area contributed by atoms with Crippen molar-refractivity contribution in [1.29, 1.82) is 0 Å². The Morgan fingerprint density at radius 2 is 1.47 bits per heavy atom. The van der Waals surface area contributed by atoms with E-state index in [1.165, 1.54) is 0 Å². The van der Waals surface area contributed by atoms with E-state index in [1.54, 1.807) is 51.1 Å². The highest BCUT2D eigenvalue weighted by Gasteiger charge is 2.40. The fraction of sp³-hybridized carbons (Fsp3) is 0.300. The van der Waals surface area contributed by atoms with E-state index in [4.69, 9.17) is 0 Å². The molecular formula is C20H21N3O7. The number of amides is 1. The molecular weight excluding hydrogens is 394 g/mol. The van der Waals surface area contributed by atoms with Gasteiger partial charge in [-0.25, -0.2) is 0 Å². The molecule has 1 amide bonds. The van der Waals surface area contributed by atoms with E-state index in [0.717, 1.165) is 18.2 Å². The Hall–Kier alpha value is -3.82. The summed E-state index contributed by atoms with van der Waals surface area (Å²) in [5.74, 6) is -3.04. The van der Waals surface area contributed by atoms with Gasteiger partial charge in [0.15, 0.2) is 0 Å². The van der Waals surface area contributed by atoms with Gasteiger partial charge < -0.3 is 10.4 Å². The summed E-state index contributed by atoms with van der Waals surface area (Å²) in [6, 6.07) is 10.0. The first kappa shape index (κ1) is 22.5. The molecule has 158 valence electrons. The lowest BCUT2D eigenvalue weighted by Crippen LogP contribution is -2.42. The van der Waals surface area contributed by atoms with Crippen LogP contribution < -0.4 is 5.32 Å². The molecule has 2 atom stereocenters. The molecule has 2 rings (SSSR count). The van der Waals surface area contributed by atoms with Gasteiger partial charge in [-0.2, -0.15) is 0 Å². The predicted octanol–water partition coefficient (Wildman–Crippen LogP) is 3.72. The molecule has 2 aromatic rings. The number of nitro benzene ring substituents is 2. The van der Waals surface area contributed by atoms with Crippen molar-refractivity contribution >= 4 is 23.3 Å². The maximum Gasteiger partial charge on any atom is 0.309 e. The van der Waals surface area contributed by atoms with Crippen LogP contribution in [0.1, 0.15) is 42.7 Å². The second kappa shape index (κ2) is 8.68. The Kier molecular flexibility index (Phi) is 6.50. The molecule has 10 nitrogen and oxygen atoms in total. The zero-order valence-electron chi connectivity index (χ0n) is 16.6. The number of benzene rings is 2. The third kappa shape index (κ3) is 5.16. The Labute approximate surface area is 171 Å². The number of non-ortho nitro benzene ring substituents is 2. The number of carboxylic acids is 1. The molecule has 0 spiro atoms. The Balaban J connectivity index is 2.53. The Morgan fingerprint density at radius 3 is 1.87 bits per heavy atom. The van der Waals surface area contributed by atoms with E-state index in [1.807, 2.05) is 0 Å². The molecule has 10 heteroatoms. The molecule has 0 aliphatic heterocycles. The van der Waals surface area contributed by atoms with Gasteiger partial charge in [0, 0.05) is 12.1 Å². The molecule has 0 aromatic heterocycles. The van der Waals surface area contributed by atoms with Crippen LogP contribution in [-0.2, 0) is 4.79 Å².